The molecule has 0 aliphatic heterocycles. The highest BCUT2D eigenvalue weighted by Gasteiger charge is 2.26. The summed E-state index contributed by atoms with van der Waals surface area (Å²) in [5.41, 5.74) is 3.46. The summed E-state index contributed by atoms with van der Waals surface area (Å²) in [4.78, 5) is 35.6. The molecule has 0 bridgehead atoms. The van der Waals surface area contributed by atoms with Gasteiger partial charge in [-0.2, -0.15) is 0 Å². The molecule has 144 valence electrons. The number of rotatable bonds is 5. The van der Waals surface area contributed by atoms with Crippen molar-refractivity contribution in [1.29, 1.82) is 0 Å². The summed E-state index contributed by atoms with van der Waals surface area (Å²) < 4.78 is 5.33. The van der Waals surface area contributed by atoms with Crippen molar-refractivity contribution in [2.24, 2.45) is 0 Å². The van der Waals surface area contributed by atoms with Gasteiger partial charge in [0.05, 0.1) is 25.9 Å². The highest BCUT2D eigenvalue weighted by molar-refractivity contribution is 5.94. The van der Waals surface area contributed by atoms with Gasteiger partial charge in [0.1, 0.15) is 11.4 Å². The van der Waals surface area contributed by atoms with Gasteiger partial charge < -0.3 is 20.4 Å². The molecular weight excluding hydrogens is 358 g/mol. The van der Waals surface area contributed by atoms with E-state index in [9.17, 15) is 9.59 Å². The maximum atomic E-state index is 12.4. The maximum Gasteiger partial charge on any atom is 0.271 e. The molecule has 1 aromatic carbocycles. The number of hydrogen-bond donors (Lipinski definition) is 3. The van der Waals surface area contributed by atoms with Gasteiger partial charge in [-0.1, -0.05) is 0 Å². The first-order valence-corrected chi connectivity index (χ1v) is 9.18. The minimum absolute atomic E-state index is 0.108. The molecule has 3 aromatic rings. The standard InChI is InChI=1S/C20H21N5O3/c1-28-12-5-6-15-14(9-12)13-3-2-4-16(19(13)25-15)24-18(26)11-23-20(27)17-10-21-7-8-22-17/h5-10,16,25H,2-4,11H2,1H3,(H,23,27)(H,24,26). The third-order valence-corrected chi connectivity index (χ3v) is 4.95. The van der Waals surface area contributed by atoms with Crippen LogP contribution in [-0.4, -0.2) is 40.4 Å². The lowest BCUT2D eigenvalue weighted by Gasteiger charge is -2.24. The molecule has 28 heavy (non-hydrogen) atoms. The number of aromatic amines is 1. The van der Waals surface area contributed by atoms with Gasteiger partial charge in [-0.3, -0.25) is 14.6 Å². The van der Waals surface area contributed by atoms with Crippen molar-refractivity contribution in [3.05, 3.63) is 53.7 Å². The van der Waals surface area contributed by atoms with Gasteiger partial charge in [0.25, 0.3) is 5.91 Å². The fourth-order valence-electron chi connectivity index (χ4n) is 3.63. The number of carbonyl (C=O) groups excluding carboxylic acids is 2. The van der Waals surface area contributed by atoms with Crippen LogP contribution in [0.25, 0.3) is 10.9 Å². The van der Waals surface area contributed by atoms with E-state index in [0.29, 0.717) is 0 Å². The SMILES string of the molecule is COc1ccc2[nH]c3c(c2c1)CCCC3NC(=O)CNC(=O)c1cnccn1. The van der Waals surface area contributed by atoms with Gasteiger partial charge in [0, 0.05) is 29.0 Å². The first-order valence-electron chi connectivity index (χ1n) is 9.18. The zero-order valence-electron chi connectivity index (χ0n) is 15.5. The predicted octanol–water partition coefficient (Wildman–Crippen LogP) is 1.89. The lowest BCUT2D eigenvalue weighted by molar-refractivity contribution is -0.121. The van der Waals surface area contributed by atoms with Crippen LogP contribution in [0.2, 0.25) is 0 Å². The van der Waals surface area contributed by atoms with Crippen LogP contribution in [0.1, 0.15) is 40.6 Å². The van der Waals surface area contributed by atoms with E-state index in [0.717, 1.165) is 41.6 Å². The molecule has 2 aromatic heterocycles. The molecule has 0 fully saturated rings. The van der Waals surface area contributed by atoms with Crippen LogP contribution in [0.5, 0.6) is 5.75 Å². The topological polar surface area (TPSA) is 109 Å². The fraction of sp³-hybridized carbons (Fsp3) is 0.300. The zero-order valence-corrected chi connectivity index (χ0v) is 15.5. The molecule has 3 N–H and O–H groups in total. The summed E-state index contributed by atoms with van der Waals surface area (Å²) in [6.07, 6.45) is 7.07. The first-order chi connectivity index (χ1) is 13.7. The second-order valence-corrected chi connectivity index (χ2v) is 6.71. The second-order valence-electron chi connectivity index (χ2n) is 6.71. The average Bonchev–Trinajstić information content (AvgIpc) is 3.11. The third kappa shape index (κ3) is 3.53. The molecule has 0 saturated heterocycles. The number of benzene rings is 1. The van der Waals surface area contributed by atoms with Crippen molar-refractivity contribution in [2.75, 3.05) is 13.7 Å². The molecule has 8 heteroatoms. The Hall–Kier alpha value is -3.42. The number of nitrogens with zero attached hydrogens (tertiary/aromatic N) is 2. The summed E-state index contributed by atoms with van der Waals surface area (Å²) in [5.74, 6) is 0.142. The third-order valence-electron chi connectivity index (χ3n) is 4.95. The van der Waals surface area contributed by atoms with Gasteiger partial charge in [0.15, 0.2) is 0 Å². The minimum Gasteiger partial charge on any atom is -0.497 e. The Labute approximate surface area is 161 Å². The molecule has 8 nitrogen and oxygen atoms in total. The summed E-state index contributed by atoms with van der Waals surface area (Å²) in [6.45, 7) is -0.116. The van der Waals surface area contributed by atoms with E-state index in [2.05, 4.69) is 25.6 Å². The molecule has 1 aliphatic carbocycles. The summed E-state index contributed by atoms with van der Waals surface area (Å²) in [5, 5.41) is 6.72. The Morgan fingerprint density at radius 2 is 2.21 bits per heavy atom. The Balaban J connectivity index is 1.45. The molecule has 2 heterocycles. The van der Waals surface area contributed by atoms with Crippen LogP contribution < -0.4 is 15.4 Å². The Morgan fingerprint density at radius 1 is 1.32 bits per heavy atom. The fourth-order valence-corrected chi connectivity index (χ4v) is 3.63. The van der Waals surface area contributed by atoms with Crippen LogP contribution in [-0.2, 0) is 11.2 Å². The normalized spacial score (nSPS) is 15.7. The molecule has 4 rings (SSSR count). The Bertz CT molecular complexity index is 1020. The highest BCUT2D eigenvalue weighted by Crippen LogP contribution is 2.36. The number of nitrogens with one attached hydrogen (secondary N) is 3. The van der Waals surface area contributed by atoms with E-state index in [1.165, 1.54) is 24.2 Å². The van der Waals surface area contributed by atoms with Crippen LogP contribution in [0, 0.1) is 0 Å². The van der Waals surface area contributed by atoms with Crippen LogP contribution >= 0.6 is 0 Å². The van der Waals surface area contributed by atoms with Gasteiger partial charge in [0.2, 0.25) is 5.91 Å². The highest BCUT2D eigenvalue weighted by atomic mass is 16.5. The molecule has 1 aliphatic rings. The van der Waals surface area contributed by atoms with E-state index in [4.69, 9.17) is 4.74 Å². The number of hydrogen-bond acceptors (Lipinski definition) is 5. The largest absolute Gasteiger partial charge is 0.497 e. The van der Waals surface area contributed by atoms with Crippen molar-refractivity contribution in [2.45, 2.75) is 25.3 Å². The van der Waals surface area contributed by atoms with Gasteiger partial charge in [-0.15, -0.1) is 0 Å². The van der Waals surface area contributed by atoms with Crippen LogP contribution in [0.4, 0.5) is 0 Å². The van der Waals surface area contributed by atoms with Gasteiger partial charge >= 0.3 is 0 Å². The van der Waals surface area contributed by atoms with Crippen molar-refractivity contribution >= 4 is 22.7 Å². The van der Waals surface area contributed by atoms with E-state index < -0.39 is 5.91 Å². The van der Waals surface area contributed by atoms with E-state index in [-0.39, 0.29) is 24.2 Å². The average molecular weight is 379 g/mol. The van der Waals surface area contributed by atoms with Crippen molar-refractivity contribution in [1.82, 2.24) is 25.6 Å². The first kappa shape index (κ1) is 18.0. The summed E-state index contributed by atoms with van der Waals surface area (Å²) in [6, 6.07) is 5.82. The maximum absolute atomic E-state index is 12.4. The molecule has 2 amide bonds. The quantitative estimate of drug-likeness (QED) is 0.627. The molecular formula is C20H21N5O3. The number of amides is 2. The monoisotopic (exact) mass is 379 g/mol. The van der Waals surface area contributed by atoms with Crippen molar-refractivity contribution in [3.63, 3.8) is 0 Å². The van der Waals surface area contributed by atoms with Crippen LogP contribution in [0.3, 0.4) is 0 Å². The Kier molecular flexibility index (Phi) is 4.92. The molecule has 1 atom stereocenters. The lowest BCUT2D eigenvalue weighted by atomic mass is 9.91. The van der Waals surface area contributed by atoms with E-state index in [1.807, 2.05) is 18.2 Å². The van der Waals surface area contributed by atoms with Crippen molar-refractivity contribution < 1.29 is 14.3 Å². The number of fused-ring (bicyclic) bond motifs is 3. The van der Waals surface area contributed by atoms with E-state index >= 15 is 0 Å². The van der Waals surface area contributed by atoms with Gasteiger partial charge in [-0.25, -0.2) is 4.98 Å². The summed E-state index contributed by atoms with van der Waals surface area (Å²) in [7, 11) is 1.65. The second kappa shape index (κ2) is 7.67. The number of aromatic nitrogens is 3. The number of H-pyrrole nitrogens is 1. The molecule has 0 radical (unpaired) electrons. The smallest absolute Gasteiger partial charge is 0.271 e. The number of methoxy groups -OCH3 is 1. The molecule has 0 spiro atoms. The van der Waals surface area contributed by atoms with Gasteiger partial charge in [-0.05, 0) is 43.0 Å². The molecule has 0 saturated carbocycles. The number of carbonyl (C=O) groups is 2. The summed E-state index contributed by atoms with van der Waals surface area (Å²) >= 11 is 0. The number of aryl methyl sites for hydroxylation is 1. The minimum atomic E-state index is -0.426. The zero-order chi connectivity index (χ0) is 19.5. The number of ether oxygens (including phenoxy) is 1. The Morgan fingerprint density at radius 3 is 3.00 bits per heavy atom. The lowest BCUT2D eigenvalue weighted by Crippen LogP contribution is -2.39. The van der Waals surface area contributed by atoms with Crippen molar-refractivity contribution in [3.8, 4) is 5.75 Å². The van der Waals surface area contributed by atoms with E-state index in [1.54, 1.807) is 7.11 Å². The van der Waals surface area contributed by atoms with Crippen LogP contribution in [0.15, 0.2) is 36.8 Å². The predicted molar refractivity (Wildman–Crippen MR) is 103 cm³/mol. The molecule has 1 unspecified atom stereocenters.